The monoisotopic (exact) mass is 487 g/mol. The first kappa shape index (κ1) is 23.0. The molecule has 0 saturated heterocycles. The van der Waals surface area contributed by atoms with E-state index in [-0.39, 0.29) is 40.1 Å². The highest BCUT2D eigenvalue weighted by molar-refractivity contribution is 5.91. The van der Waals surface area contributed by atoms with Crippen LogP contribution in [0.5, 0.6) is 0 Å². The quantitative estimate of drug-likeness (QED) is 0.387. The van der Waals surface area contributed by atoms with Crippen molar-refractivity contribution in [1.82, 2.24) is 19.7 Å². The number of benzene rings is 2. The summed E-state index contributed by atoms with van der Waals surface area (Å²) in [5, 5.41) is 6.71. The van der Waals surface area contributed by atoms with Crippen LogP contribution < -0.4 is 10.7 Å². The number of amides is 1. The molecule has 5 aromatic rings. The molecule has 0 aliphatic heterocycles. The van der Waals surface area contributed by atoms with Gasteiger partial charge in [0.1, 0.15) is 29.4 Å². The summed E-state index contributed by atoms with van der Waals surface area (Å²) in [5.74, 6) is -1.92. The zero-order valence-corrected chi connectivity index (χ0v) is 19.3. The standard InChI is InChI=1S/C26H19F2N5O3/c1-14-4-3-5-16(8-14)24-31-26(36-32-24)21-12-33(25-20(23(21)35)7-6-15(2)29-25)13-22(34)30-19-10-17(27)9-18(28)11-19/h3-12H,13H2,1-2H3,(H,30,34). The molecule has 36 heavy (non-hydrogen) atoms. The number of aryl methyl sites for hydroxylation is 2. The highest BCUT2D eigenvalue weighted by Gasteiger charge is 2.19. The number of carbonyl (C=O) groups excluding carboxylic acids is 1. The maximum atomic E-state index is 13.5. The second-order valence-electron chi connectivity index (χ2n) is 8.32. The van der Waals surface area contributed by atoms with E-state index in [1.165, 1.54) is 10.8 Å². The van der Waals surface area contributed by atoms with Gasteiger partial charge in [-0.1, -0.05) is 28.9 Å². The molecule has 1 N–H and O–H groups in total. The Morgan fingerprint density at radius 2 is 1.81 bits per heavy atom. The van der Waals surface area contributed by atoms with Gasteiger partial charge in [-0.05, 0) is 44.2 Å². The van der Waals surface area contributed by atoms with Gasteiger partial charge in [-0.15, -0.1) is 0 Å². The van der Waals surface area contributed by atoms with Gasteiger partial charge < -0.3 is 14.4 Å². The minimum absolute atomic E-state index is 0.0136. The summed E-state index contributed by atoms with van der Waals surface area (Å²) in [6, 6.07) is 13.5. The lowest BCUT2D eigenvalue weighted by Crippen LogP contribution is -2.22. The minimum Gasteiger partial charge on any atom is -0.333 e. The number of pyridine rings is 2. The molecule has 180 valence electrons. The molecular formula is C26H19F2N5O3. The van der Waals surface area contributed by atoms with Crippen LogP contribution in [-0.4, -0.2) is 25.6 Å². The number of nitrogens with one attached hydrogen (secondary N) is 1. The van der Waals surface area contributed by atoms with Gasteiger partial charge in [-0.2, -0.15) is 4.98 Å². The average Bonchev–Trinajstić information content (AvgIpc) is 3.30. The van der Waals surface area contributed by atoms with Crippen molar-refractivity contribution in [3.8, 4) is 22.8 Å². The summed E-state index contributed by atoms with van der Waals surface area (Å²) < 4.78 is 33.9. The van der Waals surface area contributed by atoms with Crippen LogP contribution in [0.2, 0.25) is 0 Å². The molecule has 0 aliphatic rings. The van der Waals surface area contributed by atoms with E-state index in [1.54, 1.807) is 19.1 Å². The smallest absolute Gasteiger partial charge is 0.263 e. The Bertz CT molecular complexity index is 1670. The van der Waals surface area contributed by atoms with Crippen molar-refractivity contribution in [2.45, 2.75) is 20.4 Å². The molecule has 0 radical (unpaired) electrons. The van der Waals surface area contributed by atoms with Crippen LogP contribution >= 0.6 is 0 Å². The maximum Gasteiger partial charge on any atom is 0.263 e. The summed E-state index contributed by atoms with van der Waals surface area (Å²) in [4.78, 5) is 34.8. The Hall–Kier alpha value is -4.73. The highest BCUT2D eigenvalue weighted by Crippen LogP contribution is 2.23. The average molecular weight is 487 g/mol. The lowest BCUT2D eigenvalue weighted by atomic mass is 10.1. The van der Waals surface area contributed by atoms with E-state index in [9.17, 15) is 18.4 Å². The molecule has 3 aromatic heterocycles. The van der Waals surface area contributed by atoms with Crippen molar-refractivity contribution in [3.63, 3.8) is 0 Å². The highest BCUT2D eigenvalue weighted by atomic mass is 19.1. The fourth-order valence-corrected chi connectivity index (χ4v) is 3.85. The lowest BCUT2D eigenvalue weighted by molar-refractivity contribution is -0.116. The van der Waals surface area contributed by atoms with Crippen molar-refractivity contribution < 1.29 is 18.1 Å². The lowest BCUT2D eigenvalue weighted by Gasteiger charge is -2.12. The maximum absolute atomic E-state index is 13.5. The Morgan fingerprint density at radius 1 is 1.03 bits per heavy atom. The van der Waals surface area contributed by atoms with Crippen molar-refractivity contribution in [1.29, 1.82) is 0 Å². The van der Waals surface area contributed by atoms with Gasteiger partial charge in [0.25, 0.3) is 5.89 Å². The van der Waals surface area contributed by atoms with E-state index in [0.717, 1.165) is 23.3 Å². The van der Waals surface area contributed by atoms with E-state index < -0.39 is 17.5 Å². The normalized spacial score (nSPS) is 11.1. The molecule has 1 amide bonds. The fourth-order valence-electron chi connectivity index (χ4n) is 3.85. The van der Waals surface area contributed by atoms with E-state index in [1.807, 2.05) is 31.2 Å². The third kappa shape index (κ3) is 4.61. The van der Waals surface area contributed by atoms with Gasteiger partial charge in [0, 0.05) is 29.2 Å². The van der Waals surface area contributed by atoms with Gasteiger partial charge in [0.15, 0.2) is 0 Å². The Kier molecular flexibility index (Phi) is 5.85. The summed E-state index contributed by atoms with van der Waals surface area (Å²) in [6.07, 6.45) is 1.41. The number of fused-ring (bicyclic) bond motifs is 1. The van der Waals surface area contributed by atoms with Crippen molar-refractivity contribution in [2.24, 2.45) is 0 Å². The van der Waals surface area contributed by atoms with Gasteiger partial charge in [-0.25, -0.2) is 13.8 Å². The van der Waals surface area contributed by atoms with E-state index in [2.05, 4.69) is 20.4 Å². The molecule has 3 heterocycles. The third-order valence-electron chi connectivity index (χ3n) is 5.45. The number of carbonyl (C=O) groups is 1. The molecule has 10 heteroatoms. The van der Waals surface area contributed by atoms with E-state index in [0.29, 0.717) is 17.6 Å². The van der Waals surface area contributed by atoms with Crippen LogP contribution in [0.15, 0.2) is 70.1 Å². The van der Waals surface area contributed by atoms with E-state index in [4.69, 9.17) is 4.52 Å². The summed E-state index contributed by atoms with van der Waals surface area (Å²) in [5.41, 5.74) is 2.30. The Balaban J connectivity index is 1.55. The number of halogens is 2. The second kappa shape index (κ2) is 9.14. The number of nitrogens with zero attached hydrogens (tertiary/aromatic N) is 4. The molecule has 5 rings (SSSR count). The van der Waals surface area contributed by atoms with Crippen molar-refractivity contribution in [2.75, 3.05) is 5.32 Å². The zero-order valence-electron chi connectivity index (χ0n) is 19.3. The van der Waals surface area contributed by atoms with Crippen molar-refractivity contribution >= 4 is 22.6 Å². The molecule has 0 bridgehead atoms. The number of hydrogen-bond donors (Lipinski definition) is 1. The summed E-state index contributed by atoms with van der Waals surface area (Å²) in [7, 11) is 0. The first-order valence-corrected chi connectivity index (χ1v) is 10.9. The predicted octanol–water partition coefficient (Wildman–Crippen LogP) is 4.65. The molecule has 0 spiro atoms. The number of anilines is 1. The van der Waals surface area contributed by atoms with Gasteiger partial charge in [0.05, 0.1) is 5.39 Å². The molecule has 8 nitrogen and oxygen atoms in total. The minimum atomic E-state index is -0.820. The first-order chi connectivity index (χ1) is 17.3. The van der Waals surface area contributed by atoms with Crippen LogP contribution in [0.1, 0.15) is 11.3 Å². The second-order valence-corrected chi connectivity index (χ2v) is 8.32. The Morgan fingerprint density at radius 3 is 2.56 bits per heavy atom. The van der Waals surface area contributed by atoms with Crippen LogP contribution in [0.4, 0.5) is 14.5 Å². The van der Waals surface area contributed by atoms with Crippen molar-refractivity contribution in [3.05, 3.63) is 93.9 Å². The number of hydrogen-bond acceptors (Lipinski definition) is 6. The Labute approximate surface area is 203 Å². The van der Waals surface area contributed by atoms with Gasteiger partial charge in [0.2, 0.25) is 17.2 Å². The molecule has 0 aliphatic carbocycles. The third-order valence-corrected chi connectivity index (χ3v) is 5.45. The van der Waals surface area contributed by atoms with Gasteiger partial charge in [-0.3, -0.25) is 9.59 Å². The van der Waals surface area contributed by atoms with Crippen LogP contribution in [0.25, 0.3) is 33.9 Å². The largest absolute Gasteiger partial charge is 0.333 e. The van der Waals surface area contributed by atoms with Crippen LogP contribution in [-0.2, 0) is 11.3 Å². The molecule has 2 aromatic carbocycles. The zero-order chi connectivity index (χ0) is 25.4. The summed E-state index contributed by atoms with van der Waals surface area (Å²) >= 11 is 0. The molecule has 0 unspecified atom stereocenters. The number of aromatic nitrogens is 4. The SMILES string of the molecule is Cc1cccc(-c2noc(-c3cn(CC(=O)Nc4cc(F)cc(F)c4)c4nc(C)ccc4c3=O)n2)c1. The van der Waals surface area contributed by atoms with Crippen LogP contribution in [0.3, 0.4) is 0 Å². The van der Waals surface area contributed by atoms with Gasteiger partial charge >= 0.3 is 0 Å². The molecule has 0 fully saturated rings. The van der Waals surface area contributed by atoms with E-state index >= 15 is 0 Å². The number of rotatable bonds is 5. The first-order valence-electron chi connectivity index (χ1n) is 10.9. The molecule has 0 saturated carbocycles. The topological polar surface area (TPSA) is 103 Å². The van der Waals surface area contributed by atoms with Crippen LogP contribution in [0, 0.1) is 25.5 Å². The molecular weight excluding hydrogens is 468 g/mol. The fraction of sp³-hybridized carbons (Fsp3) is 0.115. The summed E-state index contributed by atoms with van der Waals surface area (Å²) in [6.45, 7) is 3.39. The molecule has 0 atom stereocenters. The predicted molar refractivity (Wildman–Crippen MR) is 129 cm³/mol.